The molecule has 0 bridgehead atoms. The number of amides is 2. The first kappa shape index (κ1) is 35.6. The lowest BCUT2D eigenvalue weighted by atomic mass is 9.35. The van der Waals surface area contributed by atoms with Crippen LogP contribution in [0.4, 0.5) is 0 Å². The molecule has 4 saturated carbocycles. The molecule has 10 nitrogen and oxygen atoms in total. The second kappa shape index (κ2) is 12.0. The molecule has 0 aromatic rings. The molecule has 0 spiro atoms. The first-order valence-electron chi connectivity index (χ1n) is 17.7. The van der Waals surface area contributed by atoms with E-state index in [1.807, 2.05) is 13.8 Å². The van der Waals surface area contributed by atoms with Gasteiger partial charge in [-0.3, -0.25) is 14.4 Å². The Morgan fingerprint density at radius 1 is 0.870 bits per heavy atom. The molecule has 2 amide bonds. The number of aliphatic hydroxyl groups excluding tert-OH is 1. The smallest absolute Gasteiger partial charge is 0.325 e. The van der Waals surface area contributed by atoms with Crippen molar-refractivity contribution in [3.63, 3.8) is 0 Å². The third-order valence-corrected chi connectivity index (χ3v) is 14.5. The Morgan fingerprint density at radius 3 is 2.15 bits per heavy atom. The van der Waals surface area contributed by atoms with E-state index in [0.717, 1.165) is 57.8 Å². The zero-order chi connectivity index (χ0) is 34.1. The number of carbonyl (C=O) groups is 3. The maximum Gasteiger partial charge on any atom is 0.325 e. The molecule has 0 unspecified atom stereocenters. The van der Waals surface area contributed by atoms with Crippen LogP contribution in [0.1, 0.15) is 113 Å². The van der Waals surface area contributed by atoms with E-state index in [9.17, 15) is 24.6 Å². The van der Waals surface area contributed by atoms with Gasteiger partial charge >= 0.3 is 5.97 Å². The Hall–Kier alpha value is -1.75. The van der Waals surface area contributed by atoms with Crippen LogP contribution in [0.3, 0.4) is 0 Å². The third kappa shape index (κ3) is 5.71. The van der Waals surface area contributed by atoms with Crippen molar-refractivity contribution >= 4 is 17.8 Å². The van der Waals surface area contributed by atoms with Crippen molar-refractivity contribution in [2.45, 2.75) is 143 Å². The van der Waals surface area contributed by atoms with Crippen LogP contribution < -0.4 is 16.4 Å². The number of hydrogen-bond donors (Lipinski definition) is 5. The van der Waals surface area contributed by atoms with E-state index in [1.54, 1.807) is 0 Å². The Labute approximate surface area is 275 Å². The number of nitrogens with two attached hydrogens (primary N) is 1. The Kier molecular flexibility index (Phi) is 9.27. The molecule has 5 aliphatic rings. The van der Waals surface area contributed by atoms with Gasteiger partial charge in [0.1, 0.15) is 12.6 Å². The topological polar surface area (TPSA) is 160 Å². The average Bonchev–Trinajstić information content (AvgIpc) is 3.56. The highest BCUT2D eigenvalue weighted by molar-refractivity contribution is 5.87. The molecule has 4 aliphatic carbocycles. The fourth-order valence-corrected chi connectivity index (χ4v) is 11.9. The van der Waals surface area contributed by atoms with Crippen LogP contribution in [0, 0.1) is 45.3 Å². The predicted molar refractivity (Wildman–Crippen MR) is 174 cm³/mol. The summed E-state index contributed by atoms with van der Waals surface area (Å²) in [5.74, 6) is -0.310. The van der Waals surface area contributed by atoms with E-state index >= 15 is 0 Å². The van der Waals surface area contributed by atoms with Gasteiger partial charge < -0.3 is 36.1 Å². The lowest BCUT2D eigenvalue weighted by Crippen LogP contribution is -2.66. The van der Waals surface area contributed by atoms with E-state index < -0.39 is 29.5 Å². The molecule has 0 radical (unpaired) electrons. The highest BCUT2D eigenvalue weighted by Crippen LogP contribution is 2.76. The van der Waals surface area contributed by atoms with Gasteiger partial charge in [0.15, 0.2) is 0 Å². The van der Waals surface area contributed by atoms with Crippen LogP contribution in [-0.4, -0.2) is 77.1 Å². The number of fused-ring (bicyclic) bond motifs is 5. The van der Waals surface area contributed by atoms with Crippen molar-refractivity contribution in [2.75, 3.05) is 19.6 Å². The van der Waals surface area contributed by atoms with Gasteiger partial charge in [0.25, 0.3) is 0 Å². The molecule has 1 aliphatic heterocycles. The van der Waals surface area contributed by atoms with Crippen LogP contribution in [-0.2, 0) is 23.9 Å². The van der Waals surface area contributed by atoms with Crippen molar-refractivity contribution in [1.29, 1.82) is 0 Å². The van der Waals surface area contributed by atoms with E-state index in [4.69, 9.17) is 15.2 Å². The van der Waals surface area contributed by atoms with E-state index in [1.165, 1.54) is 0 Å². The minimum Gasteiger partial charge on any atom is -0.460 e. The lowest BCUT2D eigenvalue weighted by Gasteiger charge is -2.70. The van der Waals surface area contributed by atoms with Crippen LogP contribution in [0.5, 0.6) is 0 Å². The standard InChI is InChI=1S/C36H61N3O7/c1-31(2)23-10-15-34(6)24(33(23,5)13-11-25(31)45-29(43)20-39-28(42)19-38-27(41)18-37)17-22(40)30-21(9-14-35(30,34)7)36(8)16-12-26(46-36)32(3,4)44/h21-26,30,40,44H,9-20,37H2,1-8H3,(H,38,41)(H,39,42)/t21-,22+,23-,24+,25-,26+,30-,33-,34+,35+,36-/m0/s1. The third-order valence-electron chi connectivity index (χ3n) is 14.5. The number of hydrogen-bond acceptors (Lipinski definition) is 8. The summed E-state index contributed by atoms with van der Waals surface area (Å²) in [5, 5.41) is 27.8. The lowest BCUT2D eigenvalue weighted by molar-refractivity contribution is -0.251. The highest BCUT2D eigenvalue weighted by Gasteiger charge is 2.72. The molecule has 10 heteroatoms. The van der Waals surface area contributed by atoms with Crippen LogP contribution in [0.2, 0.25) is 0 Å². The summed E-state index contributed by atoms with van der Waals surface area (Å²) >= 11 is 0. The summed E-state index contributed by atoms with van der Waals surface area (Å²) in [5.41, 5.74) is 3.77. The zero-order valence-electron chi connectivity index (χ0n) is 29.5. The first-order chi connectivity index (χ1) is 21.2. The number of ether oxygens (including phenoxy) is 2. The molecule has 0 aromatic heterocycles. The van der Waals surface area contributed by atoms with Crippen molar-refractivity contribution < 1.29 is 34.1 Å². The molecule has 11 atom stereocenters. The molecule has 5 rings (SSSR count). The minimum atomic E-state index is -0.883. The fourth-order valence-electron chi connectivity index (χ4n) is 11.9. The number of aliphatic hydroxyl groups is 2. The van der Waals surface area contributed by atoms with Crippen molar-refractivity contribution in [3.8, 4) is 0 Å². The maximum absolute atomic E-state index is 12.9. The molecular weight excluding hydrogens is 586 g/mol. The largest absolute Gasteiger partial charge is 0.460 e. The summed E-state index contributed by atoms with van der Waals surface area (Å²) in [6, 6.07) is 0. The second-order valence-corrected chi connectivity index (χ2v) is 17.7. The minimum absolute atomic E-state index is 0.0123. The summed E-state index contributed by atoms with van der Waals surface area (Å²) < 4.78 is 12.7. The molecule has 262 valence electrons. The zero-order valence-corrected chi connectivity index (χ0v) is 29.5. The van der Waals surface area contributed by atoms with Crippen molar-refractivity contribution in [3.05, 3.63) is 0 Å². The molecule has 5 fully saturated rings. The van der Waals surface area contributed by atoms with Gasteiger partial charge in [-0.1, -0.05) is 34.6 Å². The summed E-state index contributed by atoms with van der Waals surface area (Å²) in [6.45, 7) is 17.1. The summed E-state index contributed by atoms with van der Waals surface area (Å²) in [7, 11) is 0. The molecule has 0 aromatic carbocycles. The average molecular weight is 648 g/mol. The van der Waals surface area contributed by atoms with E-state index in [0.29, 0.717) is 11.8 Å². The molecule has 1 heterocycles. The van der Waals surface area contributed by atoms with Gasteiger partial charge in [0.2, 0.25) is 11.8 Å². The van der Waals surface area contributed by atoms with Gasteiger partial charge in [-0.2, -0.15) is 0 Å². The molecular formula is C36H61N3O7. The summed E-state index contributed by atoms with van der Waals surface area (Å²) in [6.07, 6.45) is 7.54. The van der Waals surface area contributed by atoms with Gasteiger partial charge in [0.05, 0.1) is 36.5 Å². The van der Waals surface area contributed by atoms with E-state index in [2.05, 4.69) is 52.2 Å². The van der Waals surface area contributed by atoms with Crippen LogP contribution in [0.25, 0.3) is 0 Å². The highest BCUT2D eigenvalue weighted by atomic mass is 16.5. The summed E-state index contributed by atoms with van der Waals surface area (Å²) in [4.78, 5) is 36.2. The number of rotatable bonds is 8. The van der Waals surface area contributed by atoms with Gasteiger partial charge in [0, 0.05) is 5.41 Å². The second-order valence-electron chi connectivity index (χ2n) is 17.7. The quantitative estimate of drug-likeness (QED) is 0.251. The maximum atomic E-state index is 12.9. The van der Waals surface area contributed by atoms with Gasteiger partial charge in [-0.15, -0.1) is 0 Å². The number of carbonyl (C=O) groups excluding carboxylic acids is 3. The first-order valence-corrected chi connectivity index (χ1v) is 17.7. The SMILES string of the molecule is CC(C)(O)[C@H]1CC[C@@](C)([C@H]2CC[C@]3(C)[C@@H]2[C@H](O)C[C@@H]2[C@@]4(C)CC[C@H](OC(=O)CNC(=O)CNC(=O)CN)C(C)(C)[C@@H]4CC[C@]23C)O1. The van der Waals surface area contributed by atoms with Gasteiger partial charge in [-0.05, 0) is 118 Å². The van der Waals surface area contributed by atoms with Crippen molar-refractivity contribution in [2.24, 2.45) is 51.1 Å². The number of esters is 1. The monoisotopic (exact) mass is 647 g/mol. The van der Waals surface area contributed by atoms with E-state index in [-0.39, 0.29) is 70.9 Å². The molecule has 6 N–H and O–H groups in total. The number of nitrogens with one attached hydrogen (secondary N) is 2. The molecule has 1 saturated heterocycles. The fraction of sp³-hybridized carbons (Fsp3) is 0.917. The normalized spacial score (nSPS) is 44.8. The van der Waals surface area contributed by atoms with Crippen LogP contribution >= 0.6 is 0 Å². The predicted octanol–water partition coefficient (Wildman–Crippen LogP) is 3.45. The Morgan fingerprint density at radius 2 is 1.52 bits per heavy atom. The van der Waals surface area contributed by atoms with Gasteiger partial charge in [-0.25, -0.2) is 0 Å². The van der Waals surface area contributed by atoms with Crippen molar-refractivity contribution in [1.82, 2.24) is 10.6 Å². The molecule has 46 heavy (non-hydrogen) atoms. The Bertz CT molecular complexity index is 1200. The van der Waals surface area contributed by atoms with Crippen LogP contribution in [0.15, 0.2) is 0 Å². The Balaban J connectivity index is 1.29.